The number of nitrogens with one attached hydrogen (secondary N) is 1. The van der Waals surface area contributed by atoms with Gasteiger partial charge in [-0.2, -0.15) is 18.3 Å². The summed E-state index contributed by atoms with van der Waals surface area (Å²) in [5.74, 6) is -0.681. The van der Waals surface area contributed by atoms with Crippen LogP contribution in [0.1, 0.15) is 32.4 Å². The van der Waals surface area contributed by atoms with E-state index in [9.17, 15) is 22.8 Å². The van der Waals surface area contributed by atoms with Crippen LogP contribution in [0.25, 0.3) is 10.1 Å². The number of fused-ring (bicyclic) bond motifs is 1. The molecule has 6 nitrogen and oxygen atoms in total. The molecule has 0 aromatic carbocycles. The molecule has 0 aliphatic heterocycles. The van der Waals surface area contributed by atoms with Crippen LogP contribution in [-0.2, 0) is 16.1 Å². The molecule has 10 heteroatoms. The molecule has 0 radical (unpaired) electrons. The van der Waals surface area contributed by atoms with Gasteiger partial charge >= 0.3 is 12.1 Å². The van der Waals surface area contributed by atoms with E-state index in [1.165, 1.54) is 6.07 Å². The zero-order valence-corrected chi connectivity index (χ0v) is 14.8. The predicted molar refractivity (Wildman–Crippen MR) is 89.1 cm³/mol. The molecular weight excluding hydrogens is 359 g/mol. The van der Waals surface area contributed by atoms with E-state index < -0.39 is 24.2 Å². The number of halogens is 3. The van der Waals surface area contributed by atoms with Crippen LogP contribution in [0.3, 0.4) is 0 Å². The lowest BCUT2D eigenvalue weighted by molar-refractivity contribution is -0.144. The van der Waals surface area contributed by atoms with Crippen molar-refractivity contribution in [1.29, 1.82) is 0 Å². The number of nitrogens with zero attached hydrogens (tertiary/aromatic N) is 2. The Bertz CT molecular complexity index is 827. The third-order valence-electron chi connectivity index (χ3n) is 3.26. The SMILES string of the molecule is CCOC(=O)Cn1nc(C(C)C)c2cc(NCC(F)(F)F)sc2c1=O. The van der Waals surface area contributed by atoms with E-state index >= 15 is 0 Å². The average molecular weight is 377 g/mol. The number of alkyl halides is 3. The molecular formula is C15H18F3N3O3S. The summed E-state index contributed by atoms with van der Waals surface area (Å²) in [7, 11) is 0. The molecule has 2 aromatic rings. The van der Waals surface area contributed by atoms with E-state index in [2.05, 4.69) is 10.4 Å². The van der Waals surface area contributed by atoms with Gasteiger partial charge < -0.3 is 10.1 Å². The summed E-state index contributed by atoms with van der Waals surface area (Å²) < 4.78 is 43.2. The number of aromatic nitrogens is 2. The van der Waals surface area contributed by atoms with E-state index in [4.69, 9.17) is 4.74 Å². The molecule has 0 aliphatic rings. The Morgan fingerprint density at radius 2 is 2.12 bits per heavy atom. The first kappa shape index (κ1) is 19.2. The van der Waals surface area contributed by atoms with Gasteiger partial charge in [-0.15, -0.1) is 11.3 Å². The summed E-state index contributed by atoms with van der Waals surface area (Å²) >= 11 is 0.914. The molecule has 0 fully saturated rings. The van der Waals surface area contributed by atoms with E-state index in [0.29, 0.717) is 11.1 Å². The molecule has 138 valence electrons. The topological polar surface area (TPSA) is 73.2 Å². The fourth-order valence-electron chi connectivity index (χ4n) is 2.22. The van der Waals surface area contributed by atoms with Crippen molar-refractivity contribution in [3.8, 4) is 0 Å². The summed E-state index contributed by atoms with van der Waals surface area (Å²) in [4.78, 5) is 24.2. The maximum Gasteiger partial charge on any atom is 0.405 e. The van der Waals surface area contributed by atoms with Gasteiger partial charge in [-0.1, -0.05) is 13.8 Å². The number of hydrogen-bond donors (Lipinski definition) is 1. The van der Waals surface area contributed by atoms with Crippen LogP contribution in [-0.4, -0.2) is 35.1 Å². The molecule has 25 heavy (non-hydrogen) atoms. The maximum atomic E-state index is 12.5. The molecule has 0 saturated carbocycles. The number of esters is 1. The van der Waals surface area contributed by atoms with Crippen LogP contribution in [0.15, 0.2) is 10.9 Å². The van der Waals surface area contributed by atoms with Crippen molar-refractivity contribution in [2.75, 3.05) is 18.5 Å². The molecule has 0 unspecified atom stereocenters. The molecule has 0 amide bonds. The van der Waals surface area contributed by atoms with Crippen LogP contribution in [0.4, 0.5) is 18.2 Å². The van der Waals surface area contributed by atoms with Gasteiger partial charge in [0.1, 0.15) is 17.8 Å². The second-order valence-electron chi connectivity index (χ2n) is 5.63. The lowest BCUT2D eigenvalue weighted by atomic mass is 10.1. The highest BCUT2D eigenvalue weighted by Gasteiger charge is 2.27. The van der Waals surface area contributed by atoms with Gasteiger partial charge in [0.2, 0.25) is 0 Å². The minimum Gasteiger partial charge on any atom is -0.465 e. The van der Waals surface area contributed by atoms with Crippen LogP contribution < -0.4 is 10.9 Å². The highest BCUT2D eigenvalue weighted by atomic mass is 32.1. The minimum absolute atomic E-state index is 0.0818. The highest BCUT2D eigenvalue weighted by Crippen LogP contribution is 2.32. The van der Waals surface area contributed by atoms with Crippen molar-refractivity contribution in [2.45, 2.75) is 39.4 Å². The Hall–Kier alpha value is -2.10. The molecule has 0 bridgehead atoms. The Morgan fingerprint density at radius 1 is 1.44 bits per heavy atom. The Labute approximate surface area is 145 Å². The van der Waals surface area contributed by atoms with E-state index in [-0.39, 0.29) is 28.8 Å². The molecule has 0 atom stereocenters. The minimum atomic E-state index is -4.36. The predicted octanol–water partition coefficient (Wildman–Crippen LogP) is 3.12. The average Bonchev–Trinajstić information content (AvgIpc) is 2.92. The highest BCUT2D eigenvalue weighted by molar-refractivity contribution is 7.22. The Balaban J connectivity index is 2.47. The Kier molecular flexibility index (Phi) is 5.71. The number of ether oxygens (including phenoxy) is 1. The van der Waals surface area contributed by atoms with Crippen LogP contribution in [0, 0.1) is 0 Å². The summed E-state index contributed by atoms with van der Waals surface area (Å²) in [6.07, 6.45) is -4.36. The number of thiophene rings is 1. The molecule has 2 heterocycles. The molecule has 2 aromatic heterocycles. The zero-order valence-electron chi connectivity index (χ0n) is 13.9. The number of carbonyl (C=O) groups is 1. The number of anilines is 1. The molecule has 0 spiro atoms. The monoisotopic (exact) mass is 377 g/mol. The van der Waals surface area contributed by atoms with Crippen LogP contribution in [0.5, 0.6) is 0 Å². The first-order chi connectivity index (χ1) is 11.6. The van der Waals surface area contributed by atoms with Crippen LogP contribution >= 0.6 is 11.3 Å². The normalized spacial score (nSPS) is 12.0. The second kappa shape index (κ2) is 7.42. The third kappa shape index (κ3) is 4.71. The molecule has 0 saturated heterocycles. The van der Waals surface area contributed by atoms with Gasteiger partial charge in [-0.25, -0.2) is 4.68 Å². The van der Waals surface area contributed by atoms with E-state index in [1.807, 2.05) is 13.8 Å². The lowest BCUT2D eigenvalue weighted by Crippen LogP contribution is -2.28. The fraction of sp³-hybridized carbons (Fsp3) is 0.533. The Morgan fingerprint density at radius 3 is 2.68 bits per heavy atom. The van der Waals surface area contributed by atoms with Gasteiger partial charge in [-0.3, -0.25) is 9.59 Å². The first-order valence-corrected chi connectivity index (χ1v) is 8.44. The maximum absolute atomic E-state index is 12.5. The fourth-order valence-corrected chi connectivity index (χ4v) is 3.23. The van der Waals surface area contributed by atoms with Crippen molar-refractivity contribution in [1.82, 2.24) is 9.78 Å². The first-order valence-electron chi connectivity index (χ1n) is 7.63. The summed E-state index contributed by atoms with van der Waals surface area (Å²) in [5.41, 5.74) is 0.00715. The van der Waals surface area contributed by atoms with Crippen molar-refractivity contribution in [3.05, 3.63) is 22.1 Å². The van der Waals surface area contributed by atoms with Gasteiger partial charge in [0, 0.05) is 5.39 Å². The number of rotatable bonds is 6. The second-order valence-corrected chi connectivity index (χ2v) is 6.68. The third-order valence-corrected chi connectivity index (χ3v) is 4.34. The van der Waals surface area contributed by atoms with Gasteiger partial charge in [0.15, 0.2) is 0 Å². The summed E-state index contributed by atoms with van der Waals surface area (Å²) in [6, 6.07) is 1.49. The largest absolute Gasteiger partial charge is 0.465 e. The molecule has 0 aliphatic carbocycles. The van der Waals surface area contributed by atoms with E-state index in [0.717, 1.165) is 16.0 Å². The van der Waals surface area contributed by atoms with Crippen molar-refractivity contribution in [3.63, 3.8) is 0 Å². The van der Waals surface area contributed by atoms with Crippen molar-refractivity contribution in [2.24, 2.45) is 0 Å². The quantitative estimate of drug-likeness (QED) is 0.783. The smallest absolute Gasteiger partial charge is 0.405 e. The summed E-state index contributed by atoms with van der Waals surface area (Å²) in [6.45, 7) is 3.99. The molecule has 2 rings (SSSR count). The standard InChI is InChI=1S/C15H18F3N3O3S/c1-4-24-11(22)6-21-14(23)13-9(12(20-21)8(2)3)5-10(25-13)19-7-15(16,17)18/h5,8,19H,4,6-7H2,1-3H3. The van der Waals surface area contributed by atoms with Gasteiger partial charge in [0.25, 0.3) is 5.56 Å². The van der Waals surface area contributed by atoms with Crippen molar-refractivity contribution < 1.29 is 22.7 Å². The number of carbonyl (C=O) groups excluding carboxylic acids is 1. The number of hydrogen-bond acceptors (Lipinski definition) is 6. The van der Waals surface area contributed by atoms with Gasteiger partial charge in [-0.05, 0) is 18.9 Å². The van der Waals surface area contributed by atoms with E-state index in [1.54, 1.807) is 6.92 Å². The van der Waals surface area contributed by atoms with Gasteiger partial charge in [0.05, 0.1) is 17.3 Å². The zero-order chi connectivity index (χ0) is 18.8. The van der Waals surface area contributed by atoms with Crippen LogP contribution in [0.2, 0.25) is 0 Å². The summed E-state index contributed by atoms with van der Waals surface area (Å²) in [5, 5.41) is 7.20. The molecule has 1 N–H and O–H groups in total. The lowest BCUT2D eigenvalue weighted by Gasteiger charge is -2.10. The van der Waals surface area contributed by atoms with Crippen molar-refractivity contribution >= 4 is 32.4 Å².